The van der Waals surface area contributed by atoms with Crippen molar-refractivity contribution < 1.29 is 14.6 Å². The summed E-state index contributed by atoms with van der Waals surface area (Å²) in [6.07, 6.45) is 4.41. The molecule has 3 nitrogen and oxygen atoms in total. The minimum absolute atomic E-state index is 0.109. The number of unbranched alkanes of at least 4 members (excludes halogenated alkanes) is 1. The highest BCUT2D eigenvalue weighted by Gasteiger charge is 2.47. The standard InChI is InChI=1S/C13H24O3S/c1-4-5-7-11(12(14)16-3)13(15)8-6-9-17-10(13)2/h10-11,15H,4-9H2,1-3H3. The lowest BCUT2D eigenvalue weighted by Crippen LogP contribution is -2.51. The predicted octanol–water partition coefficient (Wildman–Crippen LogP) is 2.61. The summed E-state index contributed by atoms with van der Waals surface area (Å²) in [4.78, 5) is 11.9. The number of methoxy groups -OCH3 is 1. The summed E-state index contributed by atoms with van der Waals surface area (Å²) in [7, 11) is 1.41. The van der Waals surface area contributed by atoms with Crippen LogP contribution in [0.5, 0.6) is 0 Å². The quantitative estimate of drug-likeness (QED) is 0.772. The van der Waals surface area contributed by atoms with Gasteiger partial charge >= 0.3 is 5.97 Å². The first-order chi connectivity index (χ1) is 8.06. The number of esters is 1. The first kappa shape index (κ1) is 14.8. The zero-order valence-electron chi connectivity index (χ0n) is 11.1. The molecule has 0 aromatic rings. The Balaban J connectivity index is 2.81. The Hall–Kier alpha value is -0.220. The van der Waals surface area contributed by atoms with Gasteiger partial charge in [0.15, 0.2) is 0 Å². The molecule has 1 aliphatic heterocycles. The maximum atomic E-state index is 11.9. The third-order valence-corrected chi connectivity index (χ3v) is 5.16. The first-order valence-electron chi connectivity index (χ1n) is 6.48. The van der Waals surface area contributed by atoms with Crippen LogP contribution in [0, 0.1) is 5.92 Å². The molecule has 3 unspecified atom stereocenters. The SMILES string of the molecule is CCCCC(C(=O)OC)C1(O)CCCSC1C. The molecule has 0 saturated carbocycles. The molecule has 4 heteroatoms. The Morgan fingerprint density at radius 2 is 2.35 bits per heavy atom. The van der Waals surface area contributed by atoms with Gasteiger partial charge in [0.2, 0.25) is 0 Å². The largest absolute Gasteiger partial charge is 0.469 e. The van der Waals surface area contributed by atoms with Crippen molar-refractivity contribution in [1.29, 1.82) is 0 Å². The van der Waals surface area contributed by atoms with Crippen molar-refractivity contribution in [1.82, 2.24) is 0 Å². The first-order valence-corrected chi connectivity index (χ1v) is 7.53. The Labute approximate surface area is 108 Å². The number of hydrogen-bond acceptors (Lipinski definition) is 4. The summed E-state index contributed by atoms with van der Waals surface area (Å²) in [5.41, 5.74) is -0.884. The number of aliphatic hydroxyl groups is 1. The van der Waals surface area contributed by atoms with Crippen molar-refractivity contribution in [2.75, 3.05) is 12.9 Å². The molecular weight excluding hydrogens is 236 g/mol. The van der Waals surface area contributed by atoms with E-state index in [2.05, 4.69) is 6.92 Å². The predicted molar refractivity (Wildman–Crippen MR) is 71.1 cm³/mol. The van der Waals surface area contributed by atoms with Crippen molar-refractivity contribution in [3.8, 4) is 0 Å². The Morgan fingerprint density at radius 1 is 1.65 bits per heavy atom. The van der Waals surface area contributed by atoms with Crippen LogP contribution in [0.15, 0.2) is 0 Å². The van der Waals surface area contributed by atoms with E-state index in [0.717, 1.165) is 31.4 Å². The number of thioether (sulfide) groups is 1. The average Bonchev–Trinajstić information content (AvgIpc) is 2.33. The third kappa shape index (κ3) is 3.38. The highest BCUT2D eigenvalue weighted by atomic mass is 32.2. The second-order valence-electron chi connectivity index (χ2n) is 4.83. The van der Waals surface area contributed by atoms with Crippen LogP contribution in [0.25, 0.3) is 0 Å². The van der Waals surface area contributed by atoms with Gasteiger partial charge in [0, 0.05) is 5.25 Å². The van der Waals surface area contributed by atoms with Crippen LogP contribution >= 0.6 is 11.8 Å². The van der Waals surface area contributed by atoms with Gasteiger partial charge in [0.05, 0.1) is 18.6 Å². The van der Waals surface area contributed by atoms with Crippen LogP contribution in [0.1, 0.15) is 46.0 Å². The van der Waals surface area contributed by atoms with Crippen LogP contribution < -0.4 is 0 Å². The van der Waals surface area contributed by atoms with Gasteiger partial charge in [-0.05, 0) is 25.0 Å². The van der Waals surface area contributed by atoms with Crippen LogP contribution in [-0.4, -0.2) is 34.8 Å². The number of carbonyl (C=O) groups excluding carboxylic acids is 1. The molecular formula is C13H24O3S. The van der Waals surface area contributed by atoms with Crippen molar-refractivity contribution >= 4 is 17.7 Å². The normalized spacial score (nSPS) is 30.9. The lowest BCUT2D eigenvalue weighted by atomic mass is 9.78. The smallest absolute Gasteiger partial charge is 0.311 e. The van der Waals surface area contributed by atoms with Crippen molar-refractivity contribution in [3.63, 3.8) is 0 Å². The number of hydrogen-bond donors (Lipinski definition) is 1. The summed E-state index contributed by atoms with van der Waals surface area (Å²) in [6.45, 7) is 4.11. The second-order valence-corrected chi connectivity index (χ2v) is 6.27. The molecule has 0 bridgehead atoms. The van der Waals surface area contributed by atoms with Crippen LogP contribution in [0.4, 0.5) is 0 Å². The molecule has 0 radical (unpaired) electrons. The molecule has 1 rings (SSSR count). The van der Waals surface area contributed by atoms with Crippen molar-refractivity contribution in [2.24, 2.45) is 5.92 Å². The second kappa shape index (κ2) is 6.64. The molecule has 1 saturated heterocycles. The van der Waals surface area contributed by atoms with E-state index in [4.69, 9.17) is 4.74 Å². The fourth-order valence-electron chi connectivity index (χ4n) is 2.54. The van der Waals surface area contributed by atoms with Gasteiger partial charge in [-0.1, -0.05) is 26.7 Å². The van der Waals surface area contributed by atoms with Crippen molar-refractivity contribution in [2.45, 2.75) is 56.8 Å². The van der Waals surface area contributed by atoms with Crippen LogP contribution in [0.2, 0.25) is 0 Å². The molecule has 0 amide bonds. The molecule has 0 aromatic heterocycles. The molecule has 0 spiro atoms. The molecule has 0 aliphatic carbocycles. The zero-order valence-corrected chi connectivity index (χ0v) is 11.9. The molecule has 1 aliphatic rings. The molecule has 1 N–H and O–H groups in total. The van der Waals surface area contributed by atoms with E-state index >= 15 is 0 Å². The molecule has 3 atom stereocenters. The molecule has 17 heavy (non-hydrogen) atoms. The zero-order chi connectivity index (χ0) is 12.9. The van der Waals surface area contributed by atoms with E-state index in [0.29, 0.717) is 6.42 Å². The summed E-state index contributed by atoms with van der Waals surface area (Å²) in [5, 5.41) is 10.9. The molecule has 0 aromatic carbocycles. The number of ether oxygens (including phenoxy) is 1. The summed E-state index contributed by atoms with van der Waals surface area (Å²) < 4.78 is 4.87. The van der Waals surface area contributed by atoms with Gasteiger partial charge in [-0.3, -0.25) is 4.79 Å². The minimum atomic E-state index is -0.884. The summed E-state index contributed by atoms with van der Waals surface area (Å²) in [6, 6.07) is 0. The minimum Gasteiger partial charge on any atom is -0.469 e. The van der Waals surface area contributed by atoms with Gasteiger partial charge in [-0.25, -0.2) is 0 Å². The third-order valence-electron chi connectivity index (χ3n) is 3.73. The van der Waals surface area contributed by atoms with Gasteiger partial charge < -0.3 is 9.84 Å². The molecule has 100 valence electrons. The highest BCUT2D eigenvalue weighted by Crippen LogP contribution is 2.41. The fraction of sp³-hybridized carbons (Fsp3) is 0.923. The summed E-state index contributed by atoms with van der Waals surface area (Å²) >= 11 is 1.76. The van der Waals surface area contributed by atoms with E-state index in [-0.39, 0.29) is 17.1 Å². The maximum Gasteiger partial charge on any atom is 0.311 e. The van der Waals surface area contributed by atoms with E-state index in [1.807, 2.05) is 6.92 Å². The lowest BCUT2D eigenvalue weighted by molar-refractivity contribution is -0.157. The van der Waals surface area contributed by atoms with Gasteiger partial charge in [0.1, 0.15) is 0 Å². The monoisotopic (exact) mass is 260 g/mol. The van der Waals surface area contributed by atoms with E-state index in [9.17, 15) is 9.90 Å². The number of carbonyl (C=O) groups is 1. The van der Waals surface area contributed by atoms with E-state index in [1.165, 1.54) is 7.11 Å². The van der Waals surface area contributed by atoms with Gasteiger partial charge in [-0.2, -0.15) is 11.8 Å². The van der Waals surface area contributed by atoms with Gasteiger partial charge in [0.25, 0.3) is 0 Å². The maximum absolute atomic E-state index is 11.9. The lowest BCUT2D eigenvalue weighted by Gasteiger charge is -2.42. The fourth-order valence-corrected chi connectivity index (χ4v) is 3.78. The molecule has 1 heterocycles. The summed E-state index contributed by atoms with van der Waals surface area (Å²) in [5.74, 6) is 0.455. The van der Waals surface area contributed by atoms with Crippen LogP contribution in [-0.2, 0) is 9.53 Å². The van der Waals surface area contributed by atoms with E-state index < -0.39 is 5.60 Å². The molecule has 1 fully saturated rings. The Kier molecular flexibility index (Phi) is 5.80. The van der Waals surface area contributed by atoms with Crippen molar-refractivity contribution in [3.05, 3.63) is 0 Å². The average molecular weight is 260 g/mol. The topological polar surface area (TPSA) is 46.5 Å². The Bertz CT molecular complexity index is 257. The van der Waals surface area contributed by atoms with E-state index in [1.54, 1.807) is 11.8 Å². The van der Waals surface area contributed by atoms with Gasteiger partial charge in [-0.15, -0.1) is 0 Å². The number of rotatable bonds is 5. The van der Waals surface area contributed by atoms with Crippen LogP contribution in [0.3, 0.4) is 0 Å². The highest BCUT2D eigenvalue weighted by molar-refractivity contribution is 8.00. The Morgan fingerprint density at radius 3 is 2.88 bits per heavy atom.